The lowest BCUT2D eigenvalue weighted by Gasteiger charge is -2.23. The van der Waals surface area contributed by atoms with Crippen molar-refractivity contribution < 1.29 is 14.4 Å². The third kappa shape index (κ3) is 3.66. The fourth-order valence-corrected chi connectivity index (χ4v) is 2.34. The third-order valence-corrected chi connectivity index (χ3v) is 3.02. The van der Waals surface area contributed by atoms with Crippen LogP contribution in [0, 0.1) is 0 Å². The highest BCUT2D eigenvalue weighted by molar-refractivity contribution is 9.12. The molecule has 0 saturated carbocycles. The van der Waals surface area contributed by atoms with E-state index in [-0.39, 0.29) is 6.61 Å². The van der Waals surface area contributed by atoms with E-state index in [4.69, 9.17) is 4.74 Å². The minimum Gasteiger partial charge on any atom is -0.491 e. The van der Waals surface area contributed by atoms with Crippen LogP contribution in [-0.4, -0.2) is 42.2 Å². The van der Waals surface area contributed by atoms with Crippen LogP contribution in [-0.2, 0) is 0 Å². The van der Waals surface area contributed by atoms with Crippen molar-refractivity contribution in [1.29, 1.82) is 0 Å². The molecule has 4 nitrogen and oxygen atoms in total. The standard InChI is InChI=1S/C13H16BrN2O2/c1-16(8-11(14)7-15-16)9-12(17)10-18-13-5-3-2-4-6-13/h2-8,12,17H,9-10H2,1H3/q+1/t12-,16?/m0/s1. The number of aliphatic hydroxyl groups excluding tert-OH is 1. The van der Waals surface area contributed by atoms with Gasteiger partial charge >= 0.3 is 0 Å². The van der Waals surface area contributed by atoms with E-state index >= 15 is 0 Å². The number of nitrogens with zero attached hydrogens (tertiary/aromatic N) is 2. The molecule has 1 aromatic rings. The first-order chi connectivity index (χ1) is 8.57. The maximum atomic E-state index is 9.96. The summed E-state index contributed by atoms with van der Waals surface area (Å²) >= 11 is 3.36. The molecular weight excluding hydrogens is 296 g/mol. The molecule has 0 spiro atoms. The maximum absolute atomic E-state index is 9.96. The predicted molar refractivity (Wildman–Crippen MR) is 74.5 cm³/mol. The van der Waals surface area contributed by atoms with Crippen LogP contribution in [0.25, 0.3) is 0 Å². The summed E-state index contributed by atoms with van der Waals surface area (Å²) < 4.78 is 6.77. The van der Waals surface area contributed by atoms with Gasteiger partial charge in [-0.2, -0.15) is 4.59 Å². The van der Waals surface area contributed by atoms with Gasteiger partial charge in [0.05, 0.1) is 11.5 Å². The van der Waals surface area contributed by atoms with Crippen molar-refractivity contribution in [2.45, 2.75) is 6.10 Å². The number of quaternary nitrogens is 1. The second-order valence-corrected chi connectivity index (χ2v) is 5.35. The van der Waals surface area contributed by atoms with Crippen molar-refractivity contribution in [3.8, 4) is 5.75 Å². The van der Waals surface area contributed by atoms with Gasteiger partial charge in [0.15, 0.2) is 0 Å². The van der Waals surface area contributed by atoms with Crippen LogP contribution < -0.4 is 4.74 Å². The van der Waals surface area contributed by atoms with E-state index in [1.54, 1.807) is 6.21 Å². The van der Waals surface area contributed by atoms with Gasteiger partial charge in [0.1, 0.15) is 37.4 Å². The Bertz CT molecular complexity index is 461. The van der Waals surface area contributed by atoms with Crippen molar-refractivity contribution in [2.24, 2.45) is 5.10 Å². The van der Waals surface area contributed by atoms with Gasteiger partial charge in [0, 0.05) is 0 Å². The Morgan fingerprint density at radius 2 is 2.11 bits per heavy atom. The van der Waals surface area contributed by atoms with Crippen LogP contribution >= 0.6 is 15.9 Å². The first-order valence-corrected chi connectivity index (χ1v) is 6.52. The molecular formula is C13H16BrN2O2+. The van der Waals surface area contributed by atoms with E-state index in [1.165, 1.54) is 0 Å². The number of likely N-dealkylation sites (N-methyl/N-ethyl adjacent to an activating group) is 1. The summed E-state index contributed by atoms with van der Waals surface area (Å²) in [6.07, 6.45) is 3.11. The van der Waals surface area contributed by atoms with Gasteiger partial charge in [-0.3, -0.25) is 0 Å². The third-order valence-electron chi connectivity index (χ3n) is 2.61. The summed E-state index contributed by atoms with van der Waals surface area (Å²) in [4.78, 5) is 0. The van der Waals surface area contributed by atoms with Gasteiger partial charge in [0.2, 0.25) is 0 Å². The van der Waals surface area contributed by atoms with E-state index in [1.807, 2.05) is 43.6 Å². The Labute approximate surface area is 115 Å². The zero-order chi connectivity index (χ0) is 13.0. The molecule has 1 aliphatic rings. The number of halogens is 1. The van der Waals surface area contributed by atoms with Gasteiger partial charge in [-0.25, -0.2) is 0 Å². The number of rotatable bonds is 5. The number of para-hydroxylation sites is 1. The van der Waals surface area contributed by atoms with Crippen molar-refractivity contribution in [3.63, 3.8) is 0 Å². The van der Waals surface area contributed by atoms with Crippen molar-refractivity contribution in [3.05, 3.63) is 41.0 Å². The molecule has 1 aromatic carbocycles. The number of benzene rings is 1. The van der Waals surface area contributed by atoms with Crippen molar-refractivity contribution >= 4 is 22.1 Å². The Hall–Kier alpha value is -1.17. The second kappa shape index (κ2) is 5.65. The van der Waals surface area contributed by atoms with E-state index in [9.17, 15) is 5.11 Å². The molecule has 0 saturated heterocycles. The summed E-state index contributed by atoms with van der Waals surface area (Å²) in [6, 6.07) is 9.47. The van der Waals surface area contributed by atoms with Crippen molar-refractivity contribution in [2.75, 3.05) is 20.2 Å². The number of hydrogen-bond donors (Lipinski definition) is 1. The van der Waals surface area contributed by atoms with E-state index in [2.05, 4.69) is 21.0 Å². The monoisotopic (exact) mass is 311 g/mol. The molecule has 0 fully saturated rings. The second-order valence-electron chi connectivity index (χ2n) is 4.43. The zero-order valence-electron chi connectivity index (χ0n) is 10.2. The van der Waals surface area contributed by atoms with Crippen LogP contribution in [0.3, 0.4) is 0 Å². The topological polar surface area (TPSA) is 41.8 Å². The molecule has 1 aliphatic heterocycles. The Kier molecular flexibility index (Phi) is 4.16. The number of ether oxygens (including phenoxy) is 1. The predicted octanol–water partition coefficient (Wildman–Crippen LogP) is 2.11. The quantitative estimate of drug-likeness (QED) is 0.846. The number of hydrogen-bond acceptors (Lipinski definition) is 3. The largest absolute Gasteiger partial charge is 0.491 e. The Morgan fingerprint density at radius 3 is 2.72 bits per heavy atom. The van der Waals surface area contributed by atoms with Gasteiger partial charge in [-0.05, 0) is 28.1 Å². The zero-order valence-corrected chi connectivity index (χ0v) is 11.7. The van der Waals surface area contributed by atoms with E-state index in [0.717, 1.165) is 10.2 Å². The summed E-state index contributed by atoms with van der Waals surface area (Å²) in [7, 11) is 1.93. The lowest BCUT2D eigenvalue weighted by Crippen LogP contribution is -2.40. The molecule has 0 amide bonds. The molecule has 1 unspecified atom stereocenters. The summed E-state index contributed by atoms with van der Waals surface area (Å²) in [5.41, 5.74) is 0. The van der Waals surface area contributed by atoms with Crippen LogP contribution in [0.4, 0.5) is 0 Å². The van der Waals surface area contributed by atoms with Gasteiger partial charge in [0.25, 0.3) is 0 Å². The maximum Gasteiger partial charge on any atom is 0.139 e. The first-order valence-electron chi connectivity index (χ1n) is 5.72. The van der Waals surface area contributed by atoms with Gasteiger partial charge in [-0.15, -0.1) is 0 Å². The Morgan fingerprint density at radius 1 is 1.39 bits per heavy atom. The number of aliphatic hydroxyl groups is 1. The first kappa shape index (κ1) is 13.3. The average Bonchev–Trinajstić information content (AvgIpc) is 2.68. The highest BCUT2D eigenvalue weighted by atomic mass is 79.9. The molecule has 5 heteroatoms. The lowest BCUT2D eigenvalue weighted by molar-refractivity contribution is -0.867. The normalized spacial score (nSPS) is 23.8. The Balaban J connectivity index is 1.83. The molecule has 0 aliphatic carbocycles. The van der Waals surface area contributed by atoms with Gasteiger partial charge in [-0.1, -0.05) is 23.3 Å². The van der Waals surface area contributed by atoms with Crippen LogP contribution in [0.1, 0.15) is 0 Å². The van der Waals surface area contributed by atoms with Crippen LogP contribution in [0.2, 0.25) is 0 Å². The van der Waals surface area contributed by atoms with Crippen LogP contribution in [0.5, 0.6) is 5.75 Å². The smallest absolute Gasteiger partial charge is 0.139 e. The fraction of sp³-hybridized carbons (Fsp3) is 0.308. The molecule has 0 radical (unpaired) electrons. The average molecular weight is 312 g/mol. The molecule has 1 heterocycles. The minimum absolute atomic E-state index is 0.263. The number of allylic oxidation sites excluding steroid dienone is 1. The SMILES string of the molecule is C[N+]1(C[C@H](O)COc2ccccc2)C=C(Br)C=N1. The molecule has 96 valence electrons. The molecule has 2 rings (SSSR count). The molecule has 0 bridgehead atoms. The van der Waals surface area contributed by atoms with Gasteiger partial charge < -0.3 is 9.84 Å². The van der Waals surface area contributed by atoms with E-state index < -0.39 is 6.10 Å². The fourth-order valence-electron chi connectivity index (χ4n) is 1.81. The van der Waals surface area contributed by atoms with Crippen molar-refractivity contribution in [1.82, 2.24) is 0 Å². The summed E-state index contributed by atoms with van der Waals surface area (Å²) in [5, 5.41) is 14.3. The van der Waals surface area contributed by atoms with E-state index in [0.29, 0.717) is 11.1 Å². The minimum atomic E-state index is -0.568. The van der Waals surface area contributed by atoms with Crippen LogP contribution in [0.15, 0.2) is 46.1 Å². The lowest BCUT2D eigenvalue weighted by atomic mass is 10.3. The highest BCUT2D eigenvalue weighted by Crippen LogP contribution is 2.19. The highest BCUT2D eigenvalue weighted by Gasteiger charge is 2.27. The molecule has 0 aromatic heterocycles. The summed E-state index contributed by atoms with van der Waals surface area (Å²) in [5.74, 6) is 0.765. The summed E-state index contributed by atoms with van der Waals surface area (Å²) in [6.45, 7) is 0.747. The molecule has 18 heavy (non-hydrogen) atoms. The molecule has 2 atom stereocenters. The molecule has 1 N–H and O–H groups in total.